The second-order valence-electron chi connectivity index (χ2n) is 3.07. The summed E-state index contributed by atoms with van der Waals surface area (Å²) in [6, 6.07) is 3.13. The van der Waals surface area contributed by atoms with Gasteiger partial charge < -0.3 is 9.47 Å². The van der Waals surface area contributed by atoms with E-state index in [4.69, 9.17) is 9.47 Å². The molecule has 1 aromatic carbocycles. The number of carbonyl (C=O) groups excluding carboxylic acids is 2. The van der Waals surface area contributed by atoms with Gasteiger partial charge in [-0.2, -0.15) is 0 Å². The lowest BCUT2D eigenvalue weighted by atomic mass is 10.1. The van der Waals surface area contributed by atoms with Crippen LogP contribution in [-0.2, 0) is 4.79 Å². The first-order valence-electron chi connectivity index (χ1n) is 4.24. The molecule has 0 bridgehead atoms. The monoisotopic (exact) mass is 270 g/mol. The maximum absolute atomic E-state index is 11.5. The highest BCUT2D eigenvalue weighted by atomic mass is 79.9. The van der Waals surface area contributed by atoms with E-state index in [9.17, 15) is 9.59 Å². The molecule has 0 radical (unpaired) electrons. The van der Waals surface area contributed by atoms with Crippen LogP contribution in [-0.4, -0.2) is 18.4 Å². The molecule has 0 atom stereocenters. The van der Waals surface area contributed by atoms with Crippen LogP contribution < -0.4 is 9.47 Å². The lowest BCUT2D eigenvalue weighted by molar-refractivity contribution is -0.113. The number of fused-ring (bicyclic) bond motifs is 1. The first-order valence-corrected chi connectivity index (χ1v) is 5.03. The van der Waals surface area contributed by atoms with Crippen LogP contribution in [0.15, 0.2) is 16.6 Å². The van der Waals surface area contributed by atoms with Crippen molar-refractivity contribution in [2.24, 2.45) is 0 Å². The molecule has 4 nitrogen and oxygen atoms in total. The van der Waals surface area contributed by atoms with Gasteiger partial charge in [0.2, 0.25) is 12.6 Å². The number of halogens is 1. The Morgan fingerprint density at radius 2 is 1.87 bits per heavy atom. The average molecular weight is 271 g/mol. The summed E-state index contributed by atoms with van der Waals surface area (Å²) in [5.41, 5.74) is 0.298. The number of hydrogen-bond acceptors (Lipinski definition) is 4. The quantitative estimate of drug-likeness (QED) is 0.609. The van der Waals surface area contributed by atoms with Crippen LogP contribution in [0.2, 0.25) is 0 Å². The van der Waals surface area contributed by atoms with Crippen LogP contribution in [0.4, 0.5) is 0 Å². The fourth-order valence-corrected chi connectivity index (χ4v) is 1.78. The molecule has 0 saturated heterocycles. The third kappa shape index (κ3) is 1.74. The van der Waals surface area contributed by atoms with Gasteiger partial charge in [-0.05, 0) is 28.1 Å². The maximum Gasteiger partial charge on any atom is 0.231 e. The second kappa shape index (κ2) is 3.66. The van der Waals surface area contributed by atoms with Gasteiger partial charge in [0.1, 0.15) is 0 Å². The van der Waals surface area contributed by atoms with Gasteiger partial charge in [-0.15, -0.1) is 0 Å². The fraction of sp³-hybridized carbons (Fsp3) is 0.200. The molecule has 15 heavy (non-hydrogen) atoms. The molecule has 5 heteroatoms. The molecule has 0 N–H and O–H groups in total. The molecule has 0 amide bonds. The molecule has 2 rings (SSSR count). The third-order valence-electron chi connectivity index (χ3n) is 2.03. The molecule has 1 heterocycles. The lowest BCUT2D eigenvalue weighted by Gasteiger charge is -2.02. The van der Waals surface area contributed by atoms with Crippen LogP contribution in [0.5, 0.6) is 11.5 Å². The van der Waals surface area contributed by atoms with E-state index in [1.807, 2.05) is 0 Å². The van der Waals surface area contributed by atoms with Crippen LogP contribution in [0, 0.1) is 0 Å². The molecule has 1 aliphatic heterocycles. The highest BCUT2D eigenvalue weighted by Gasteiger charge is 2.21. The molecule has 1 aliphatic rings. The second-order valence-corrected chi connectivity index (χ2v) is 3.92. The predicted molar refractivity (Wildman–Crippen MR) is 55.3 cm³/mol. The van der Waals surface area contributed by atoms with E-state index in [0.717, 1.165) is 0 Å². The summed E-state index contributed by atoms with van der Waals surface area (Å²) in [4.78, 5) is 22.4. The van der Waals surface area contributed by atoms with E-state index in [1.165, 1.54) is 13.0 Å². The maximum atomic E-state index is 11.5. The highest BCUT2D eigenvalue weighted by molar-refractivity contribution is 9.10. The summed E-state index contributed by atoms with van der Waals surface area (Å²) >= 11 is 3.21. The fourth-order valence-electron chi connectivity index (χ4n) is 1.28. The zero-order valence-corrected chi connectivity index (χ0v) is 9.46. The Morgan fingerprint density at radius 1 is 1.27 bits per heavy atom. The highest BCUT2D eigenvalue weighted by Crippen LogP contribution is 2.37. The summed E-state index contributed by atoms with van der Waals surface area (Å²) in [7, 11) is 0. The minimum absolute atomic E-state index is 0.138. The van der Waals surface area contributed by atoms with Crippen LogP contribution >= 0.6 is 15.9 Å². The van der Waals surface area contributed by atoms with Crippen molar-refractivity contribution in [3.8, 4) is 11.5 Å². The van der Waals surface area contributed by atoms with Crippen molar-refractivity contribution in [2.45, 2.75) is 6.92 Å². The Kier molecular flexibility index (Phi) is 2.48. The van der Waals surface area contributed by atoms with Crippen molar-refractivity contribution >= 4 is 27.5 Å². The normalized spacial score (nSPS) is 12.7. The van der Waals surface area contributed by atoms with Crippen molar-refractivity contribution in [1.82, 2.24) is 0 Å². The molecule has 0 fully saturated rings. The van der Waals surface area contributed by atoms with Crippen LogP contribution in [0.25, 0.3) is 0 Å². The number of Topliss-reactive ketones (excluding diaryl/α,β-unsaturated/α-hetero) is 2. The van der Waals surface area contributed by atoms with Crippen molar-refractivity contribution in [3.63, 3.8) is 0 Å². The molecule has 1 aromatic rings. The topological polar surface area (TPSA) is 52.6 Å². The van der Waals surface area contributed by atoms with E-state index >= 15 is 0 Å². The van der Waals surface area contributed by atoms with Gasteiger partial charge in [-0.1, -0.05) is 0 Å². The van der Waals surface area contributed by atoms with Gasteiger partial charge >= 0.3 is 0 Å². The number of ether oxygens (including phenoxy) is 2. The van der Waals surface area contributed by atoms with Gasteiger partial charge in [0.05, 0.1) is 0 Å². The summed E-state index contributed by atoms with van der Waals surface area (Å²) in [5.74, 6) is 0.0134. The summed E-state index contributed by atoms with van der Waals surface area (Å²) < 4.78 is 10.8. The summed E-state index contributed by atoms with van der Waals surface area (Å²) in [6.45, 7) is 1.37. The van der Waals surface area contributed by atoms with Gasteiger partial charge in [0.25, 0.3) is 0 Å². The van der Waals surface area contributed by atoms with Crippen LogP contribution in [0.1, 0.15) is 17.3 Å². The summed E-state index contributed by atoms with van der Waals surface area (Å²) in [6.07, 6.45) is 0. The zero-order valence-electron chi connectivity index (χ0n) is 7.87. The molecule has 0 aromatic heterocycles. The number of benzene rings is 1. The standard InChI is InChI=1S/C10H7BrO4/c1-5(12)10(13)6-2-8-9(3-7(6)11)15-4-14-8/h2-3H,4H2,1H3. The van der Waals surface area contributed by atoms with Crippen molar-refractivity contribution in [1.29, 1.82) is 0 Å². The molecular weight excluding hydrogens is 264 g/mol. The van der Waals surface area contributed by atoms with E-state index in [0.29, 0.717) is 21.5 Å². The molecule has 0 aliphatic carbocycles. The number of carbonyl (C=O) groups is 2. The smallest absolute Gasteiger partial charge is 0.231 e. The first kappa shape index (κ1) is 10.2. The van der Waals surface area contributed by atoms with E-state index < -0.39 is 11.6 Å². The number of ketones is 2. The molecule has 78 valence electrons. The SMILES string of the molecule is CC(=O)C(=O)c1cc2c(cc1Br)OCO2. The zero-order chi connectivity index (χ0) is 11.0. The predicted octanol–water partition coefficient (Wildman–Crippen LogP) is 1.95. The summed E-state index contributed by atoms with van der Waals surface area (Å²) in [5, 5.41) is 0. The largest absolute Gasteiger partial charge is 0.454 e. The Morgan fingerprint density at radius 3 is 2.47 bits per heavy atom. The van der Waals surface area contributed by atoms with Gasteiger partial charge in [-0.3, -0.25) is 9.59 Å². The van der Waals surface area contributed by atoms with Crippen molar-refractivity contribution in [3.05, 3.63) is 22.2 Å². The Labute approximate surface area is 94.3 Å². The Hall–Kier alpha value is -1.36. The third-order valence-corrected chi connectivity index (χ3v) is 2.68. The van der Waals surface area contributed by atoms with E-state index in [1.54, 1.807) is 6.07 Å². The Balaban J connectivity index is 2.49. The minimum Gasteiger partial charge on any atom is -0.454 e. The number of hydrogen-bond donors (Lipinski definition) is 0. The van der Waals surface area contributed by atoms with Gasteiger partial charge in [-0.25, -0.2) is 0 Å². The van der Waals surface area contributed by atoms with Crippen molar-refractivity contribution in [2.75, 3.05) is 6.79 Å². The lowest BCUT2D eigenvalue weighted by Crippen LogP contribution is -2.10. The Bertz CT molecular complexity index is 453. The molecule has 0 unspecified atom stereocenters. The molecular formula is C10H7BrO4. The molecule has 0 spiro atoms. The minimum atomic E-state index is -0.542. The van der Waals surface area contributed by atoms with E-state index in [-0.39, 0.29) is 6.79 Å². The van der Waals surface area contributed by atoms with Crippen molar-refractivity contribution < 1.29 is 19.1 Å². The van der Waals surface area contributed by atoms with Gasteiger partial charge in [0, 0.05) is 17.0 Å². The van der Waals surface area contributed by atoms with E-state index in [2.05, 4.69) is 15.9 Å². The average Bonchev–Trinajstić information content (AvgIpc) is 2.62. The first-order chi connectivity index (χ1) is 7.09. The molecule has 0 saturated carbocycles. The van der Waals surface area contributed by atoms with Gasteiger partial charge in [0.15, 0.2) is 17.3 Å². The number of rotatable bonds is 2. The van der Waals surface area contributed by atoms with Crippen LogP contribution in [0.3, 0.4) is 0 Å².